The predicted molar refractivity (Wildman–Crippen MR) is 80.7 cm³/mol. The summed E-state index contributed by atoms with van der Waals surface area (Å²) in [5, 5.41) is 4.34. The summed E-state index contributed by atoms with van der Waals surface area (Å²) in [6.45, 7) is 4.03. The highest BCUT2D eigenvalue weighted by atomic mass is 79.9. The average molecular weight is 338 g/mol. The summed E-state index contributed by atoms with van der Waals surface area (Å²) in [7, 11) is 0. The fourth-order valence-electron chi connectivity index (χ4n) is 2.28. The molecule has 0 atom stereocenters. The van der Waals surface area contributed by atoms with Crippen LogP contribution in [0.3, 0.4) is 0 Å². The van der Waals surface area contributed by atoms with Crippen LogP contribution in [0.15, 0.2) is 29.0 Å². The zero-order chi connectivity index (χ0) is 14.0. The van der Waals surface area contributed by atoms with Gasteiger partial charge in [-0.3, -0.25) is 0 Å². The molecule has 0 radical (unpaired) electrons. The Morgan fingerprint density at radius 2 is 2.10 bits per heavy atom. The lowest BCUT2D eigenvalue weighted by atomic mass is 10.2. The van der Waals surface area contributed by atoms with Gasteiger partial charge in [-0.15, -0.1) is 0 Å². The molecular formula is C14H16BrN3O2. The summed E-state index contributed by atoms with van der Waals surface area (Å²) >= 11 is 3.47. The van der Waals surface area contributed by atoms with Gasteiger partial charge in [-0.1, -0.05) is 15.9 Å². The van der Waals surface area contributed by atoms with Crippen molar-refractivity contribution in [2.75, 3.05) is 25.1 Å². The third-order valence-corrected chi connectivity index (χ3v) is 3.86. The van der Waals surface area contributed by atoms with E-state index < -0.39 is 5.79 Å². The number of anilines is 1. The van der Waals surface area contributed by atoms with Crippen molar-refractivity contribution in [1.29, 1.82) is 0 Å². The van der Waals surface area contributed by atoms with Crippen molar-refractivity contribution in [2.45, 2.75) is 19.1 Å². The molecule has 1 aromatic carbocycles. The van der Waals surface area contributed by atoms with Crippen molar-refractivity contribution >= 4 is 32.7 Å². The fourth-order valence-corrected chi connectivity index (χ4v) is 2.64. The highest BCUT2D eigenvalue weighted by Crippen LogP contribution is 2.25. The van der Waals surface area contributed by atoms with E-state index >= 15 is 0 Å². The standard InChI is InChI=1S/C14H16BrN3O2/c1-14(19-6-7-20-14)4-5-16-13-11-8-10(15)2-3-12(11)17-9-18-13/h2-3,8-9H,4-7H2,1H3,(H,16,17,18). The molecule has 1 N–H and O–H groups in total. The summed E-state index contributed by atoms with van der Waals surface area (Å²) in [4.78, 5) is 8.57. The van der Waals surface area contributed by atoms with Crippen LogP contribution >= 0.6 is 15.9 Å². The van der Waals surface area contributed by atoms with E-state index in [4.69, 9.17) is 9.47 Å². The van der Waals surface area contributed by atoms with Gasteiger partial charge in [0.1, 0.15) is 12.1 Å². The molecule has 1 aliphatic rings. The Morgan fingerprint density at radius 1 is 1.30 bits per heavy atom. The van der Waals surface area contributed by atoms with Gasteiger partial charge in [-0.25, -0.2) is 9.97 Å². The first-order chi connectivity index (χ1) is 9.66. The van der Waals surface area contributed by atoms with Crippen molar-refractivity contribution in [2.24, 2.45) is 0 Å². The maximum atomic E-state index is 5.58. The largest absolute Gasteiger partial charge is 0.369 e. The van der Waals surface area contributed by atoms with Crippen LogP contribution in [0.2, 0.25) is 0 Å². The molecule has 0 spiro atoms. The number of hydrogen-bond donors (Lipinski definition) is 1. The molecule has 2 heterocycles. The van der Waals surface area contributed by atoms with E-state index in [1.165, 1.54) is 0 Å². The number of aromatic nitrogens is 2. The highest BCUT2D eigenvalue weighted by Gasteiger charge is 2.30. The molecule has 0 aliphatic carbocycles. The second-order valence-corrected chi connectivity index (χ2v) is 5.81. The van der Waals surface area contributed by atoms with Gasteiger partial charge < -0.3 is 14.8 Å². The quantitative estimate of drug-likeness (QED) is 0.929. The molecule has 5 nitrogen and oxygen atoms in total. The molecule has 3 rings (SSSR count). The van der Waals surface area contributed by atoms with Crippen LogP contribution < -0.4 is 5.32 Å². The van der Waals surface area contributed by atoms with Gasteiger partial charge >= 0.3 is 0 Å². The third-order valence-electron chi connectivity index (χ3n) is 3.37. The predicted octanol–water partition coefficient (Wildman–Crippen LogP) is 2.96. The van der Waals surface area contributed by atoms with Crippen molar-refractivity contribution in [3.63, 3.8) is 0 Å². The smallest absolute Gasteiger partial charge is 0.167 e. The molecule has 0 amide bonds. The molecule has 0 unspecified atom stereocenters. The number of nitrogens with zero attached hydrogens (tertiary/aromatic N) is 2. The summed E-state index contributed by atoms with van der Waals surface area (Å²) < 4.78 is 12.2. The molecule has 1 fully saturated rings. The van der Waals surface area contributed by atoms with E-state index in [0.29, 0.717) is 13.2 Å². The molecule has 0 bridgehead atoms. The first-order valence-electron chi connectivity index (χ1n) is 6.58. The average Bonchev–Trinajstić information content (AvgIpc) is 2.86. The zero-order valence-electron chi connectivity index (χ0n) is 11.2. The van der Waals surface area contributed by atoms with Crippen molar-refractivity contribution in [3.05, 3.63) is 29.0 Å². The van der Waals surface area contributed by atoms with Crippen LogP contribution in [0.1, 0.15) is 13.3 Å². The monoisotopic (exact) mass is 337 g/mol. The van der Waals surface area contributed by atoms with E-state index in [0.717, 1.165) is 34.2 Å². The Balaban J connectivity index is 1.72. The maximum Gasteiger partial charge on any atom is 0.167 e. The van der Waals surface area contributed by atoms with Crippen LogP contribution in [0, 0.1) is 0 Å². The lowest BCUT2D eigenvalue weighted by molar-refractivity contribution is -0.144. The van der Waals surface area contributed by atoms with Gasteiger partial charge in [-0.05, 0) is 25.1 Å². The van der Waals surface area contributed by atoms with E-state index in [1.807, 2.05) is 25.1 Å². The summed E-state index contributed by atoms with van der Waals surface area (Å²) in [6, 6.07) is 5.96. The van der Waals surface area contributed by atoms with Crippen LogP contribution in [0.5, 0.6) is 0 Å². The second-order valence-electron chi connectivity index (χ2n) is 4.89. The minimum absolute atomic E-state index is 0.476. The Hall–Kier alpha value is -1.24. The van der Waals surface area contributed by atoms with Crippen molar-refractivity contribution in [1.82, 2.24) is 9.97 Å². The topological polar surface area (TPSA) is 56.3 Å². The van der Waals surface area contributed by atoms with E-state index in [2.05, 4.69) is 31.2 Å². The van der Waals surface area contributed by atoms with Gasteiger partial charge in [-0.2, -0.15) is 0 Å². The molecule has 1 aliphatic heterocycles. The summed E-state index contributed by atoms with van der Waals surface area (Å²) in [5.41, 5.74) is 0.922. The number of fused-ring (bicyclic) bond motifs is 1. The Kier molecular flexibility index (Phi) is 3.87. The Labute approximate surface area is 125 Å². The molecule has 20 heavy (non-hydrogen) atoms. The van der Waals surface area contributed by atoms with Gasteiger partial charge in [0.05, 0.1) is 18.7 Å². The van der Waals surface area contributed by atoms with E-state index in [-0.39, 0.29) is 0 Å². The van der Waals surface area contributed by atoms with Crippen molar-refractivity contribution in [3.8, 4) is 0 Å². The number of halogens is 1. The lowest BCUT2D eigenvalue weighted by Gasteiger charge is -2.22. The number of benzene rings is 1. The van der Waals surface area contributed by atoms with Gasteiger partial charge in [0.2, 0.25) is 0 Å². The second kappa shape index (κ2) is 5.63. The molecule has 6 heteroatoms. The Morgan fingerprint density at radius 3 is 2.90 bits per heavy atom. The fraction of sp³-hybridized carbons (Fsp3) is 0.429. The Bertz CT molecular complexity index is 614. The molecule has 106 valence electrons. The SMILES string of the molecule is CC1(CCNc2ncnc3ccc(Br)cc23)OCCO1. The van der Waals surface area contributed by atoms with Crippen LogP contribution in [0.4, 0.5) is 5.82 Å². The van der Waals surface area contributed by atoms with E-state index in [9.17, 15) is 0 Å². The number of ether oxygens (including phenoxy) is 2. The van der Waals surface area contributed by atoms with Gasteiger partial charge in [0, 0.05) is 22.8 Å². The summed E-state index contributed by atoms with van der Waals surface area (Å²) in [6.07, 6.45) is 2.34. The van der Waals surface area contributed by atoms with Gasteiger partial charge in [0.25, 0.3) is 0 Å². The number of hydrogen-bond acceptors (Lipinski definition) is 5. The lowest BCUT2D eigenvalue weighted by Crippen LogP contribution is -2.28. The molecule has 2 aromatic rings. The normalized spacial score (nSPS) is 17.5. The van der Waals surface area contributed by atoms with Gasteiger partial charge in [0.15, 0.2) is 5.79 Å². The first-order valence-corrected chi connectivity index (χ1v) is 7.38. The number of rotatable bonds is 4. The van der Waals surface area contributed by atoms with Crippen LogP contribution in [-0.4, -0.2) is 35.5 Å². The maximum absolute atomic E-state index is 5.58. The van der Waals surface area contributed by atoms with Crippen LogP contribution in [-0.2, 0) is 9.47 Å². The molecule has 1 saturated heterocycles. The van der Waals surface area contributed by atoms with Crippen molar-refractivity contribution < 1.29 is 9.47 Å². The zero-order valence-corrected chi connectivity index (χ0v) is 12.8. The first kappa shape index (κ1) is 13.7. The number of nitrogens with one attached hydrogen (secondary N) is 1. The molecular weight excluding hydrogens is 322 g/mol. The highest BCUT2D eigenvalue weighted by molar-refractivity contribution is 9.10. The van der Waals surface area contributed by atoms with Crippen LogP contribution in [0.25, 0.3) is 10.9 Å². The summed E-state index contributed by atoms with van der Waals surface area (Å²) in [5.74, 6) is 0.356. The molecule has 1 aromatic heterocycles. The molecule has 0 saturated carbocycles. The van der Waals surface area contributed by atoms with E-state index in [1.54, 1.807) is 6.33 Å². The minimum Gasteiger partial charge on any atom is -0.369 e. The third kappa shape index (κ3) is 2.92. The minimum atomic E-state index is -0.476.